The van der Waals surface area contributed by atoms with Crippen molar-refractivity contribution >= 4 is 16.7 Å². The Bertz CT molecular complexity index is 774. The number of aliphatic hydroxyl groups excluding tert-OH is 1. The zero-order chi connectivity index (χ0) is 16.9. The molecule has 0 unspecified atom stereocenters. The van der Waals surface area contributed by atoms with Gasteiger partial charge >= 0.3 is 0 Å². The van der Waals surface area contributed by atoms with E-state index in [1.165, 1.54) is 4.68 Å². The van der Waals surface area contributed by atoms with Crippen LogP contribution in [-0.2, 0) is 11.3 Å². The molecule has 1 aromatic heterocycles. The van der Waals surface area contributed by atoms with E-state index in [9.17, 15) is 14.7 Å². The topological polar surface area (TPSA) is 87.5 Å². The van der Waals surface area contributed by atoms with Gasteiger partial charge in [-0.05, 0) is 25.5 Å². The first-order valence-corrected chi connectivity index (χ1v) is 8.25. The molecule has 1 atom stereocenters. The highest BCUT2D eigenvalue weighted by atomic mass is 16.3. The molecule has 1 aliphatic rings. The van der Waals surface area contributed by atoms with Crippen LogP contribution in [0.3, 0.4) is 0 Å². The number of benzene rings is 1. The SMILES string of the molecule is O=C(CN1CCC[C@H](O)C1)NCCn1ncc2ccccc2c1=O. The Labute approximate surface area is 139 Å². The van der Waals surface area contributed by atoms with Crippen molar-refractivity contribution in [3.8, 4) is 0 Å². The zero-order valence-electron chi connectivity index (χ0n) is 13.5. The number of likely N-dealkylation sites (tertiary alicyclic amines) is 1. The van der Waals surface area contributed by atoms with Crippen LogP contribution in [0.1, 0.15) is 12.8 Å². The number of carbonyl (C=O) groups excluding carboxylic acids is 1. The summed E-state index contributed by atoms with van der Waals surface area (Å²) in [5.74, 6) is -0.0991. The lowest BCUT2D eigenvalue weighted by molar-refractivity contribution is -0.122. The van der Waals surface area contributed by atoms with Crippen LogP contribution >= 0.6 is 0 Å². The number of hydrogen-bond donors (Lipinski definition) is 2. The smallest absolute Gasteiger partial charge is 0.274 e. The van der Waals surface area contributed by atoms with Crippen molar-refractivity contribution in [3.05, 3.63) is 40.8 Å². The van der Waals surface area contributed by atoms with Gasteiger partial charge in [-0.25, -0.2) is 4.68 Å². The molecule has 0 aliphatic carbocycles. The molecule has 24 heavy (non-hydrogen) atoms. The van der Waals surface area contributed by atoms with Crippen LogP contribution < -0.4 is 10.9 Å². The number of piperidine rings is 1. The second-order valence-electron chi connectivity index (χ2n) is 6.14. The summed E-state index contributed by atoms with van der Waals surface area (Å²) in [5.41, 5.74) is -0.151. The number of nitrogens with one attached hydrogen (secondary N) is 1. The molecule has 128 valence electrons. The van der Waals surface area contributed by atoms with Crippen molar-refractivity contribution in [1.29, 1.82) is 0 Å². The van der Waals surface area contributed by atoms with Crippen LogP contribution in [0, 0.1) is 0 Å². The molecule has 1 aromatic carbocycles. The minimum Gasteiger partial charge on any atom is -0.392 e. The first-order chi connectivity index (χ1) is 11.6. The molecule has 1 fully saturated rings. The van der Waals surface area contributed by atoms with Crippen molar-refractivity contribution in [2.24, 2.45) is 0 Å². The lowest BCUT2D eigenvalue weighted by atomic mass is 10.1. The number of carbonyl (C=O) groups is 1. The molecular weight excluding hydrogens is 308 g/mol. The summed E-state index contributed by atoms with van der Waals surface area (Å²) in [4.78, 5) is 26.2. The van der Waals surface area contributed by atoms with Crippen LogP contribution in [-0.4, -0.2) is 58.0 Å². The molecule has 0 saturated carbocycles. The number of β-amino-alcohol motifs (C(OH)–C–C–N with tert-alkyl or cyclic N) is 1. The van der Waals surface area contributed by atoms with E-state index >= 15 is 0 Å². The number of aliphatic hydroxyl groups is 1. The molecule has 0 spiro atoms. The van der Waals surface area contributed by atoms with E-state index in [0.717, 1.165) is 24.8 Å². The Morgan fingerprint density at radius 3 is 3.04 bits per heavy atom. The van der Waals surface area contributed by atoms with E-state index < -0.39 is 0 Å². The minimum absolute atomic E-state index is 0.0991. The number of amides is 1. The van der Waals surface area contributed by atoms with Gasteiger partial charge in [0.1, 0.15) is 0 Å². The third-order valence-corrected chi connectivity index (χ3v) is 4.26. The molecular formula is C17H22N4O3. The predicted molar refractivity (Wildman–Crippen MR) is 90.7 cm³/mol. The molecule has 1 amide bonds. The van der Waals surface area contributed by atoms with E-state index in [1.807, 2.05) is 23.1 Å². The molecule has 0 radical (unpaired) electrons. The quantitative estimate of drug-likeness (QED) is 0.804. The average Bonchev–Trinajstić information content (AvgIpc) is 2.57. The van der Waals surface area contributed by atoms with Crippen molar-refractivity contribution in [2.75, 3.05) is 26.2 Å². The fourth-order valence-electron chi connectivity index (χ4n) is 3.02. The highest BCUT2D eigenvalue weighted by molar-refractivity contribution is 5.80. The molecule has 1 saturated heterocycles. The van der Waals surface area contributed by atoms with Gasteiger partial charge in [0.2, 0.25) is 5.91 Å². The molecule has 2 N–H and O–H groups in total. The fourth-order valence-corrected chi connectivity index (χ4v) is 3.02. The van der Waals surface area contributed by atoms with Crippen molar-refractivity contribution < 1.29 is 9.90 Å². The number of hydrogen-bond acceptors (Lipinski definition) is 5. The lowest BCUT2D eigenvalue weighted by Crippen LogP contribution is -2.44. The number of fused-ring (bicyclic) bond motifs is 1. The van der Waals surface area contributed by atoms with Crippen LogP contribution in [0.15, 0.2) is 35.3 Å². The Morgan fingerprint density at radius 2 is 2.21 bits per heavy atom. The molecule has 3 rings (SSSR count). The van der Waals surface area contributed by atoms with E-state index in [1.54, 1.807) is 12.3 Å². The predicted octanol–water partition coefficient (Wildman–Crippen LogP) is -0.0306. The first kappa shape index (κ1) is 16.6. The van der Waals surface area contributed by atoms with Gasteiger partial charge in [0.15, 0.2) is 0 Å². The molecule has 2 aromatic rings. The van der Waals surface area contributed by atoms with Crippen LogP contribution in [0.5, 0.6) is 0 Å². The Kier molecular flexibility index (Phi) is 5.22. The molecule has 2 heterocycles. The van der Waals surface area contributed by atoms with Gasteiger partial charge in [0.25, 0.3) is 5.56 Å². The zero-order valence-corrected chi connectivity index (χ0v) is 13.5. The molecule has 7 nitrogen and oxygen atoms in total. The number of rotatable bonds is 5. The minimum atomic E-state index is -0.341. The highest BCUT2D eigenvalue weighted by Crippen LogP contribution is 2.09. The van der Waals surface area contributed by atoms with Gasteiger partial charge in [0.05, 0.1) is 30.8 Å². The number of nitrogens with zero attached hydrogens (tertiary/aromatic N) is 3. The summed E-state index contributed by atoms with van der Waals surface area (Å²) < 4.78 is 1.37. The van der Waals surface area contributed by atoms with E-state index in [-0.39, 0.29) is 24.1 Å². The largest absolute Gasteiger partial charge is 0.392 e. The summed E-state index contributed by atoms with van der Waals surface area (Å²) in [5, 5.41) is 18.0. The Morgan fingerprint density at radius 1 is 1.38 bits per heavy atom. The summed E-state index contributed by atoms with van der Waals surface area (Å²) in [6, 6.07) is 7.31. The van der Waals surface area contributed by atoms with E-state index in [2.05, 4.69) is 10.4 Å². The normalized spacial score (nSPS) is 18.6. The summed E-state index contributed by atoms with van der Waals surface area (Å²) in [6.45, 7) is 2.32. The van der Waals surface area contributed by atoms with Crippen LogP contribution in [0.4, 0.5) is 0 Å². The summed E-state index contributed by atoms with van der Waals surface area (Å²) >= 11 is 0. The Balaban J connectivity index is 1.52. The van der Waals surface area contributed by atoms with Gasteiger partial charge in [0, 0.05) is 18.5 Å². The van der Waals surface area contributed by atoms with Crippen LogP contribution in [0.2, 0.25) is 0 Å². The monoisotopic (exact) mass is 330 g/mol. The maximum absolute atomic E-state index is 12.3. The van der Waals surface area contributed by atoms with Gasteiger partial charge in [-0.1, -0.05) is 18.2 Å². The second-order valence-corrected chi connectivity index (χ2v) is 6.14. The first-order valence-electron chi connectivity index (χ1n) is 8.25. The summed E-state index contributed by atoms with van der Waals surface area (Å²) in [7, 11) is 0. The van der Waals surface area contributed by atoms with Gasteiger partial charge in [-0.3, -0.25) is 14.5 Å². The van der Waals surface area contributed by atoms with Gasteiger partial charge < -0.3 is 10.4 Å². The molecule has 1 aliphatic heterocycles. The third kappa shape index (κ3) is 3.98. The molecule has 0 bridgehead atoms. The van der Waals surface area contributed by atoms with Crippen molar-refractivity contribution in [3.63, 3.8) is 0 Å². The van der Waals surface area contributed by atoms with E-state index in [0.29, 0.717) is 25.0 Å². The third-order valence-electron chi connectivity index (χ3n) is 4.26. The van der Waals surface area contributed by atoms with Crippen LogP contribution in [0.25, 0.3) is 10.8 Å². The highest BCUT2D eigenvalue weighted by Gasteiger charge is 2.19. The standard InChI is InChI=1S/C17H22N4O3/c22-14-5-3-8-20(11-14)12-16(23)18-7-9-21-17(24)15-6-2-1-4-13(15)10-19-21/h1-2,4,6,10,14,22H,3,5,7-9,11-12H2,(H,18,23)/t14-/m0/s1. The van der Waals surface area contributed by atoms with E-state index in [4.69, 9.17) is 0 Å². The van der Waals surface area contributed by atoms with Crippen molar-refractivity contribution in [2.45, 2.75) is 25.5 Å². The Hall–Kier alpha value is -2.25. The van der Waals surface area contributed by atoms with Gasteiger partial charge in [-0.15, -0.1) is 0 Å². The van der Waals surface area contributed by atoms with Gasteiger partial charge in [-0.2, -0.15) is 5.10 Å². The maximum Gasteiger partial charge on any atom is 0.274 e. The lowest BCUT2D eigenvalue weighted by Gasteiger charge is -2.29. The maximum atomic E-state index is 12.3. The van der Waals surface area contributed by atoms with Crippen molar-refractivity contribution in [1.82, 2.24) is 20.0 Å². The summed E-state index contributed by atoms with van der Waals surface area (Å²) in [6.07, 6.45) is 3.03. The average molecular weight is 330 g/mol. The fraction of sp³-hybridized carbons (Fsp3) is 0.471. The number of aromatic nitrogens is 2. The molecule has 7 heteroatoms. The second kappa shape index (κ2) is 7.55.